The molecule has 36 heavy (non-hydrogen) atoms. The number of nitrogens with zero attached hydrogens (tertiary/aromatic N) is 2. The highest BCUT2D eigenvalue weighted by molar-refractivity contribution is 5.90. The van der Waals surface area contributed by atoms with Gasteiger partial charge in [0.15, 0.2) is 18.5 Å². The number of anilines is 1. The smallest absolute Gasteiger partial charge is 0.348 e. The van der Waals surface area contributed by atoms with Crippen molar-refractivity contribution in [2.45, 2.75) is 31.5 Å². The van der Waals surface area contributed by atoms with Gasteiger partial charge < -0.3 is 41.1 Å². The largest absolute Gasteiger partial charge is 1.00 e. The number of benzene rings is 2. The molecule has 1 amide bonds. The second kappa shape index (κ2) is 10.5. The molecular weight excluding hydrogens is 526 g/mol. The molecule has 6 rings (SSSR count). The quantitative estimate of drug-likeness (QED) is 0.314. The lowest BCUT2D eigenvalue weighted by Crippen LogP contribution is -3.00. The van der Waals surface area contributed by atoms with Crippen molar-refractivity contribution in [3.05, 3.63) is 83.6 Å². The molecule has 0 radical (unpaired) electrons. The highest BCUT2D eigenvalue weighted by Crippen LogP contribution is 2.39. The van der Waals surface area contributed by atoms with Crippen LogP contribution in [0.25, 0.3) is 0 Å². The summed E-state index contributed by atoms with van der Waals surface area (Å²) < 4.78 is 11.4. The van der Waals surface area contributed by atoms with Crippen LogP contribution < -0.4 is 22.3 Å². The molecule has 1 aromatic heterocycles. The van der Waals surface area contributed by atoms with Crippen LogP contribution in [0.15, 0.2) is 71.4 Å². The molecule has 4 heterocycles. The number of hydrogen-bond acceptors (Lipinski definition) is 6. The first kappa shape index (κ1) is 26.1. The molecule has 190 valence electrons. The third-order valence-electron chi connectivity index (χ3n) is 7.51. The molecule has 0 aliphatic carbocycles. The summed E-state index contributed by atoms with van der Waals surface area (Å²) in [6.07, 6.45) is 2.77. The van der Waals surface area contributed by atoms with Crippen LogP contribution in [0.1, 0.15) is 29.5 Å². The first-order valence-electron chi connectivity index (χ1n) is 12.0. The van der Waals surface area contributed by atoms with Crippen LogP contribution in [-0.2, 0) is 19.9 Å². The molecule has 2 bridgehead atoms. The predicted molar refractivity (Wildman–Crippen MR) is 128 cm³/mol. The van der Waals surface area contributed by atoms with Crippen molar-refractivity contribution in [1.82, 2.24) is 5.16 Å². The van der Waals surface area contributed by atoms with Gasteiger partial charge in [-0.05, 0) is 18.1 Å². The first-order valence-corrected chi connectivity index (χ1v) is 12.0. The lowest BCUT2D eigenvalue weighted by Gasteiger charge is -2.51. The third kappa shape index (κ3) is 4.96. The van der Waals surface area contributed by atoms with Gasteiger partial charge in [0.2, 0.25) is 5.60 Å². The Hall–Kier alpha value is -3.01. The lowest BCUT2D eigenvalue weighted by atomic mass is 9.81. The van der Waals surface area contributed by atoms with Crippen LogP contribution in [0, 0.1) is 12.8 Å². The highest BCUT2D eigenvalue weighted by atomic mass is 79.9. The number of amides is 1. The number of carbonyl (C=O) groups excluding carboxylic acids is 2. The van der Waals surface area contributed by atoms with E-state index in [-0.39, 0.29) is 41.5 Å². The first-order chi connectivity index (χ1) is 16.9. The molecule has 2 N–H and O–H groups in total. The maximum Gasteiger partial charge on any atom is 0.348 e. The summed E-state index contributed by atoms with van der Waals surface area (Å²) in [6.45, 7) is 4.39. The van der Waals surface area contributed by atoms with Crippen LogP contribution in [0.5, 0.6) is 0 Å². The topological polar surface area (TPSA) is 102 Å². The average molecular weight is 556 g/mol. The molecular formula is C27H30BrN3O5. The summed E-state index contributed by atoms with van der Waals surface area (Å²) in [7, 11) is 0. The van der Waals surface area contributed by atoms with Gasteiger partial charge in [0, 0.05) is 30.4 Å². The molecule has 3 saturated heterocycles. The number of carbonyl (C=O) groups is 2. The summed E-state index contributed by atoms with van der Waals surface area (Å²) in [4.78, 5) is 26.4. The van der Waals surface area contributed by atoms with E-state index < -0.39 is 11.6 Å². The number of fused-ring (bicyclic) bond motifs is 3. The predicted octanol–water partition coefficient (Wildman–Crippen LogP) is 0.0138. The maximum atomic E-state index is 13.7. The van der Waals surface area contributed by atoms with Crippen molar-refractivity contribution in [3.8, 4) is 0 Å². The van der Waals surface area contributed by atoms with Gasteiger partial charge in [0.25, 0.3) is 5.91 Å². The molecule has 8 nitrogen and oxygen atoms in total. The molecule has 0 saturated carbocycles. The number of aromatic nitrogens is 1. The fraction of sp³-hybridized carbons (Fsp3) is 0.370. The van der Waals surface area contributed by atoms with Crippen LogP contribution in [0.2, 0.25) is 0 Å². The molecule has 3 aromatic rings. The Morgan fingerprint density at radius 3 is 2.47 bits per heavy atom. The van der Waals surface area contributed by atoms with Gasteiger partial charge in [-0.3, -0.25) is 4.79 Å². The molecule has 9 heteroatoms. The van der Waals surface area contributed by atoms with Gasteiger partial charge in [0.1, 0.15) is 12.8 Å². The number of nitrogens with one attached hydrogen (secondary N) is 1. The number of esters is 1. The van der Waals surface area contributed by atoms with E-state index in [1.807, 2.05) is 31.2 Å². The minimum Gasteiger partial charge on any atom is -1.00 e. The van der Waals surface area contributed by atoms with E-state index in [1.54, 1.807) is 36.4 Å². The van der Waals surface area contributed by atoms with Crippen molar-refractivity contribution in [2.24, 2.45) is 5.92 Å². The van der Waals surface area contributed by atoms with Gasteiger partial charge in [-0.1, -0.05) is 59.8 Å². The van der Waals surface area contributed by atoms with E-state index in [0.717, 1.165) is 31.5 Å². The summed E-state index contributed by atoms with van der Waals surface area (Å²) >= 11 is 0. The number of ether oxygens (including phenoxy) is 1. The number of quaternary nitrogens is 1. The monoisotopic (exact) mass is 555 g/mol. The van der Waals surface area contributed by atoms with E-state index in [0.29, 0.717) is 28.0 Å². The van der Waals surface area contributed by atoms with Gasteiger partial charge in [-0.15, -0.1) is 0 Å². The molecule has 0 spiro atoms. The van der Waals surface area contributed by atoms with Crippen molar-refractivity contribution in [3.63, 3.8) is 0 Å². The normalized spacial score (nSPS) is 24.3. The summed E-state index contributed by atoms with van der Waals surface area (Å²) in [5, 5.41) is 18.4. The van der Waals surface area contributed by atoms with Crippen LogP contribution in [0.3, 0.4) is 0 Å². The summed E-state index contributed by atoms with van der Waals surface area (Å²) in [5.74, 6) is -0.226. The minimum absolute atomic E-state index is 0. The number of piperidine rings is 3. The average Bonchev–Trinajstić information content (AvgIpc) is 3.37. The van der Waals surface area contributed by atoms with Crippen molar-refractivity contribution in [1.29, 1.82) is 0 Å². The minimum atomic E-state index is -1.92. The molecule has 2 aromatic carbocycles. The van der Waals surface area contributed by atoms with Gasteiger partial charge in [-0.25, -0.2) is 4.79 Å². The van der Waals surface area contributed by atoms with Crippen LogP contribution >= 0.6 is 0 Å². The third-order valence-corrected chi connectivity index (χ3v) is 7.51. The van der Waals surface area contributed by atoms with E-state index >= 15 is 0 Å². The number of aliphatic hydroxyl groups is 1. The number of rotatable bonds is 7. The Labute approximate surface area is 220 Å². The Morgan fingerprint density at radius 1 is 1.11 bits per heavy atom. The second-order valence-electron chi connectivity index (χ2n) is 9.73. The molecule has 3 aliphatic heterocycles. The van der Waals surface area contributed by atoms with Crippen molar-refractivity contribution >= 4 is 17.7 Å². The molecule has 1 unspecified atom stereocenters. The Morgan fingerprint density at radius 2 is 1.81 bits per heavy atom. The molecule has 2 atom stereocenters. The zero-order valence-corrected chi connectivity index (χ0v) is 21.7. The number of halogens is 1. The number of aryl methyl sites for hydroxylation is 1. The number of hydrogen-bond donors (Lipinski definition) is 2. The van der Waals surface area contributed by atoms with Gasteiger partial charge in [0.05, 0.1) is 13.1 Å². The molecule has 3 fully saturated rings. The van der Waals surface area contributed by atoms with E-state index in [4.69, 9.17) is 9.26 Å². The SMILES string of the molecule is Cc1ccccc1[C@@](O)(C(=O)OC1C[N+]2(CC(=O)Nc3ccon3)CCC1CC2)c1ccccc1.[Br-]. The summed E-state index contributed by atoms with van der Waals surface area (Å²) in [5.41, 5.74) is -0.143. The Kier molecular flexibility index (Phi) is 7.63. The van der Waals surface area contributed by atoms with Crippen molar-refractivity contribution < 1.29 is 45.4 Å². The zero-order valence-electron chi connectivity index (χ0n) is 20.1. The Bertz CT molecular complexity index is 1200. The zero-order chi connectivity index (χ0) is 24.5. The lowest BCUT2D eigenvalue weighted by molar-refractivity contribution is -0.939. The van der Waals surface area contributed by atoms with E-state index in [1.165, 1.54) is 6.26 Å². The highest BCUT2D eigenvalue weighted by Gasteiger charge is 2.51. The van der Waals surface area contributed by atoms with E-state index in [9.17, 15) is 14.7 Å². The second-order valence-corrected chi connectivity index (χ2v) is 9.73. The summed E-state index contributed by atoms with van der Waals surface area (Å²) in [6, 6.07) is 17.9. The molecule has 3 aliphatic rings. The standard InChI is InChI=1S/C27H29N3O5.BrH/c1-19-7-5-6-10-22(19)27(33,21-8-3-2-4-9-21)26(32)35-23-17-30(14-11-20(23)12-15-30)18-25(31)28-24-13-16-34-29-24;/h2-10,13,16,20,23,33H,11-12,14-15,17-18H2,1H3;1H/t20?,23?,27-,30?;/m1./s1. The fourth-order valence-corrected chi connectivity index (χ4v) is 5.61. The maximum absolute atomic E-state index is 13.7. The fourth-order valence-electron chi connectivity index (χ4n) is 5.61. The van der Waals surface area contributed by atoms with Gasteiger partial charge in [-0.2, -0.15) is 0 Å². The van der Waals surface area contributed by atoms with Crippen molar-refractivity contribution in [2.75, 3.05) is 31.5 Å². The van der Waals surface area contributed by atoms with Gasteiger partial charge >= 0.3 is 5.97 Å². The van der Waals surface area contributed by atoms with Crippen LogP contribution in [0.4, 0.5) is 5.82 Å². The van der Waals surface area contributed by atoms with Crippen LogP contribution in [-0.4, -0.2) is 58.9 Å². The Balaban J connectivity index is 0.00000304. The van der Waals surface area contributed by atoms with E-state index in [2.05, 4.69) is 10.5 Å².